The lowest BCUT2D eigenvalue weighted by Gasteiger charge is -2.27. The summed E-state index contributed by atoms with van der Waals surface area (Å²) >= 11 is 0. The van der Waals surface area contributed by atoms with E-state index in [-0.39, 0.29) is 29.6 Å². The summed E-state index contributed by atoms with van der Waals surface area (Å²) in [6, 6.07) is 16.3. The number of ether oxygens (including phenoxy) is 1. The Morgan fingerprint density at radius 2 is 1.38 bits per heavy atom. The maximum absolute atomic E-state index is 13.1. The Morgan fingerprint density at radius 3 is 1.98 bits per heavy atom. The number of carbonyl (C=O) groups excluding carboxylic acids is 3. The number of methoxy groups -OCH3 is 1. The molecule has 4 aromatic rings. The Bertz CT molecular complexity index is 1720. The molecule has 1 saturated heterocycles. The molecule has 0 radical (unpaired) electrons. The van der Waals surface area contributed by atoms with Crippen molar-refractivity contribution in [3.05, 3.63) is 72.6 Å². The second kappa shape index (κ2) is 14.6. The molecule has 3 N–H and O–H groups in total. The predicted octanol–water partition coefficient (Wildman–Crippen LogP) is 7.43. The lowest BCUT2D eigenvalue weighted by molar-refractivity contribution is -0.137. The first kappa shape index (κ1) is 33.2. The summed E-state index contributed by atoms with van der Waals surface area (Å²) in [6.45, 7) is 7.00. The summed E-state index contributed by atoms with van der Waals surface area (Å²) in [7, 11) is 1.31. The number of ketones is 1. The molecule has 2 aliphatic rings. The van der Waals surface area contributed by atoms with Gasteiger partial charge in [-0.2, -0.15) is 0 Å². The maximum Gasteiger partial charge on any atom is 0.407 e. The maximum atomic E-state index is 13.1. The molecule has 10 heteroatoms. The number of hydrogen-bond donors (Lipinski definition) is 3. The average Bonchev–Trinajstić information content (AvgIpc) is 3.89. The summed E-state index contributed by atoms with van der Waals surface area (Å²) < 4.78 is 4.70. The lowest BCUT2D eigenvalue weighted by Crippen LogP contribution is -2.41. The van der Waals surface area contributed by atoms with Gasteiger partial charge in [0.1, 0.15) is 11.6 Å². The minimum absolute atomic E-state index is 0.00177. The number of rotatable bonds is 8. The Morgan fingerprint density at radius 1 is 0.812 bits per heavy atom. The molecule has 0 spiro atoms. The quantitative estimate of drug-likeness (QED) is 0.182. The largest absolute Gasteiger partial charge is 0.453 e. The van der Waals surface area contributed by atoms with Gasteiger partial charge in [-0.1, -0.05) is 82.1 Å². The number of alkyl carbamates (subject to hydrolysis) is 1. The van der Waals surface area contributed by atoms with Gasteiger partial charge in [0.15, 0.2) is 5.78 Å². The predicted molar refractivity (Wildman–Crippen MR) is 185 cm³/mol. The van der Waals surface area contributed by atoms with Crippen molar-refractivity contribution in [3.63, 3.8) is 0 Å². The summed E-state index contributed by atoms with van der Waals surface area (Å²) in [6.07, 6.45) is 8.68. The number of Topliss-reactive ketones (excluding diaryl/α,β-unsaturated/α-hetero) is 1. The number of aromatic nitrogens is 4. The molecule has 10 nitrogen and oxygen atoms in total. The molecule has 3 heterocycles. The molecule has 1 aliphatic heterocycles. The van der Waals surface area contributed by atoms with E-state index in [2.05, 4.69) is 82.6 Å². The number of aromatic amines is 2. The fourth-order valence-electron chi connectivity index (χ4n) is 6.86. The summed E-state index contributed by atoms with van der Waals surface area (Å²) in [5.74, 6) is 2.16. The van der Waals surface area contributed by atoms with E-state index < -0.39 is 12.1 Å². The standard InChI is InChI=1S/C38H46N6O4/c1-23(2)24(3)37(46)44-19-7-10-33(44)36-40-22-32(42-36)28-17-13-26(14-18-28)25-11-15-27(16-12-25)31-21-39-35(41-31)29-8-5-6-9-30(34(45)20-29)43-38(47)48-4/h11-18,21-24,29-30,33H,5-10,19-20H2,1-4H3,(H,39,41)(H,40,42)(H,43,47)/t24-,29+,30-,33-/m0/s1. The van der Waals surface area contributed by atoms with E-state index >= 15 is 0 Å². The number of likely N-dealkylation sites (tertiary alicyclic amines) is 1. The number of carbonyl (C=O) groups is 3. The highest BCUT2D eigenvalue weighted by molar-refractivity contribution is 5.88. The number of nitrogens with zero attached hydrogens (tertiary/aromatic N) is 3. The molecule has 1 saturated carbocycles. The van der Waals surface area contributed by atoms with Crippen molar-refractivity contribution in [1.29, 1.82) is 0 Å². The van der Waals surface area contributed by atoms with Gasteiger partial charge in [-0.25, -0.2) is 14.8 Å². The number of H-pyrrole nitrogens is 2. The van der Waals surface area contributed by atoms with Crippen LogP contribution in [0.25, 0.3) is 33.6 Å². The highest BCUT2D eigenvalue weighted by atomic mass is 16.5. The number of benzene rings is 2. The molecule has 6 rings (SSSR count). The summed E-state index contributed by atoms with van der Waals surface area (Å²) in [5.41, 5.74) is 6.12. The van der Waals surface area contributed by atoms with E-state index in [1.54, 1.807) is 0 Å². The molecule has 2 amide bonds. The second-order valence-corrected chi connectivity index (χ2v) is 13.6. The second-order valence-electron chi connectivity index (χ2n) is 13.6. The third kappa shape index (κ3) is 7.22. The fourth-order valence-corrected chi connectivity index (χ4v) is 6.86. The van der Waals surface area contributed by atoms with Crippen LogP contribution in [0.2, 0.25) is 0 Å². The van der Waals surface area contributed by atoms with Gasteiger partial charge < -0.3 is 24.9 Å². The van der Waals surface area contributed by atoms with Crippen LogP contribution in [0.5, 0.6) is 0 Å². The van der Waals surface area contributed by atoms with E-state index in [1.165, 1.54) is 7.11 Å². The number of imidazole rings is 2. The third-order valence-electron chi connectivity index (χ3n) is 10.2. The minimum Gasteiger partial charge on any atom is -0.453 e. The third-order valence-corrected chi connectivity index (χ3v) is 10.2. The number of amides is 2. The number of hydrogen-bond acceptors (Lipinski definition) is 6. The van der Waals surface area contributed by atoms with Crippen LogP contribution in [0, 0.1) is 11.8 Å². The highest BCUT2D eigenvalue weighted by Crippen LogP contribution is 2.35. The molecular formula is C38H46N6O4. The van der Waals surface area contributed by atoms with Crippen molar-refractivity contribution in [2.45, 2.75) is 83.7 Å². The van der Waals surface area contributed by atoms with Crippen LogP contribution in [0.1, 0.15) is 89.3 Å². The normalized spacial score (nSPS) is 20.7. The molecule has 2 fully saturated rings. The van der Waals surface area contributed by atoms with Crippen molar-refractivity contribution < 1.29 is 19.1 Å². The molecule has 48 heavy (non-hydrogen) atoms. The monoisotopic (exact) mass is 650 g/mol. The zero-order valence-electron chi connectivity index (χ0n) is 28.3. The zero-order chi connectivity index (χ0) is 33.8. The van der Waals surface area contributed by atoms with Crippen LogP contribution in [-0.2, 0) is 14.3 Å². The first-order valence-electron chi connectivity index (χ1n) is 17.2. The summed E-state index contributed by atoms with van der Waals surface area (Å²) in [5, 5.41) is 2.68. The van der Waals surface area contributed by atoms with Crippen LogP contribution in [0.3, 0.4) is 0 Å². The fraction of sp³-hybridized carbons (Fsp3) is 0.447. The smallest absolute Gasteiger partial charge is 0.407 e. The molecule has 2 aromatic heterocycles. The number of nitrogens with one attached hydrogen (secondary N) is 3. The first-order valence-corrected chi connectivity index (χ1v) is 17.2. The van der Waals surface area contributed by atoms with Gasteiger partial charge in [-0.3, -0.25) is 9.59 Å². The first-order chi connectivity index (χ1) is 23.2. The van der Waals surface area contributed by atoms with Crippen molar-refractivity contribution in [2.75, 3.05) is 13.7 Å². The summed E-state index contributed by atoms with van der Waals surface area (Å²) in [4.78, 5) is 56.1. The van der Waals surface area contributed by atoms with E-state index in [9.17, 15) is 14.4 Å². The van der Waals surface area contributed by atoms with E-state index in [4.69, 9.17) is 9.72 Å². The van der Waals surface area contributed by atoms with Crippen molar-refractivity contribution in [2.24, 2.45) is 11.8 Å². The molecule has 4 atom stereocenters. The van der Waals surface area contributed by atoms with Gasteiger partial charge in [0.05, 0.1) is 43.0 Å². The Labute approximate surface area is 282 Å². The Hall–Kier alpha value is -4.73. The topological polar surface area (TPSA) is 133 Å². The highest BCUT2D eigenvalue weighted by Gasteiger charge is 2.35. The minimum atomic E-state index is -0.574. The van der Waals surface area contributed by atoms with E-state index in [0.717, 1.165) is 83.9 Å². The zero-order valence-corrected chi connectivity index (χ0v) is 28.3. The van der Waals surface area contributed by atoms with Crippen LogP contribution in [0.15, 0.2) is 60.9 Å². The van der Waals surface area contributed by atoms with Gasteiger partial charge in [-0.05, 0) is 53.9 Å². The van der Waals surface area contributed by atoms with Crippen LogP contribution >= 0.6 is 0 Å². The van der Waals surface area contributed by atoms with Crippen molar-refractivity contribution in [1.82, 2.24) is 30.2 Å². The van der Waals surface area contributed by atoms with Crippen LogP contribution in [-0.4, -0.2) is 62.3 Å². The molecular weight excluding hydrogens is 604 g/mol. The Kier molecular flexibility index (Phi) is 10.1. The van der Waals surface area contributed by atoms with E-state index in [1.807, 2.05) is 24.2 Å². The lowest BCUT2D eigenvalue weighted by atomic mass is 9.87. The van der Waals surface area contributed by atoms with E-state index in [0.29, 0.717) is 18.8 Å². The SMILES string of the molecule is COC(=O)N[C@H]1CCCC[C@@H](c2ncc(-c3ccc(-c4ccc(-c5cnc([C@@H]6CCCN6C(=O)[C@@H](C)C(C)C)[nH]5)cc4)cc3)[nH]2)CC1=O. The molecule has 2 aromatic carbocycles. The van der Waals surface area contributed by atoms with Gasteiger partial charge in [-0.15, -0.1) is 0 Å². The Balaban J connectivity index is 1.10. The van der Waals surface area contributed by atoms with Crippen molar-refractivity contribution in [3.8, 4) is 33.6 Å². The molecule has 0 unspecified atom stereocenters. The molecule has 252 valence electrons. The van der Waals surface area contributed by atoms with Crippen LogP contribution < -0.4 is 5.32 Å². The molecule has 0 bridgehead atoms. The van der Waals surface area contributed by atoms with Gasteiger partial charge in [0.25, 0.3) is 0 Å². The van der Waals surface area contributed by atoms with Crippen LogP contribution in [0.4, 0.5) is 4.79 Å². The van der Waals surface area contributed by atoms with Gasteiger partial charge in [0, 0.05) is 24.8 Å². The van der Waals surface area contributed by atoms with Crippen molar-refractivity contribution >= 4 is 17.8 Å². The van der Waals surface area contributed by atoms with Gasteiger partial charge in [0.2, 0.25) is 5.91 Å². The molecule has 1 aliphatic carbocycles. The van der Waals surface area contributed by atoms with Gasteiger partial charge >= 0.3 is 6.09 Å². The average molecular weight is 651 g/mol.